The molecule has 2 unspecified atom stereocenters. The van der Waals surface area contributed by atoms with Crippen LogP contribution in [0.3, 0.4) is 0 Å². The highest BCUT2D eigenvalue weighted by molar-refractivity contribution is 6.00. The van der Waals surface area contributed by atoms with Gasteiger partial charge in [-0.05, 0) is 55.3 Å². The van der Waals surface area contributed by atoms with Gasteiger partial charge in [0.2, 0.25) is 0 Å². The van der Waals surface area contributed by atoms with E-state index in [0.29, 0.717) is 22.8 Å². The van der Waals surface area contributed by atoms with Gasteiger partial charge in [0.25, 0.3) is 5.91 Å². The number of H-pyrrole nitrogens is 1. The second-order valence-electron chi connectivity index (χ2n) is 11.2. The molecule has 2 atom stereocenters. The second kappa shape index (κ2) is 16.2. The maximum Gasteiger partial charge on any atom is 0.323 e. The number of hydrogen-bond acceptors (Lipinski definition) is 10. The molecule has 2 aromatic heterocycles. The number of pyridine rings is 1. The van der Waals surface area contributed by atoms with Gasteiger partial charge in [-0.2, -0.15) is 0 Å². The number of aryl methyl sites for hydroxylation is 1. The average molecular weight is 678 g/mol. The summed E-state index contributed by atoms with van der Waals surface area (Å²) in [7, 11) is 0. The third-order valence-electron chi connectivity index (χ3n) is 7.45. The smallest absolute Gasteiger partial charge is 0.323 e. The fraction of sp³-hybridized carbons (Fsp3) is 0.294. The Bertz CT molecular complexity index is 1780. The van der Waals surface area contributed by atoms with Gasteiger partial charge in [-0.1, -0.05) is 12.1 Å². The van der Waals surface area contributed by atoms with Crippen molar-refractivity contribution in [2.24, 2.45) is 0 Å². The molecule has 0 spiro atoms. The van der Waals surface area contributed by atoms with E-state index in [1.807, 2.05) is 13.0 Å². The number of ether oxygens (including phenoxy) is 4. The minimum Gasteiger partial charge on any atom is -0.463 e. The number of nitrogens with zero attached hydrogens (tertiary/aromatic N) is 1. The SMILES string of the molecule is Cc1cccc(NC(=O)Nc2ccc(Oc3ccnc(-c4cc(C(=O)NC5(CCC(=O)OCCO)COC5OCCO)c[nH]4)c3)cc2F)c1. The minimum absolute atomic E-state index is 0.0328. The lowest BCUT2D eigenvalue weighted by molar-refractivity contribution is -0.280. The summed E-state index contributed by atoms with van der Waals surface area (Å²) in [6, 6.07) is 15.4. The number of aromatic nitrogens is 2. The number of rotatable bonds is 15. The molecule has 15 heteroatoms. The van der Waals surface area contributed by atoms with Crippen molar-refractivity contribution >= 4 is 29.3 Å². The zero-order valence-corrected chi connectivity index (χ0v) is 26.5. The molecule has 4 aromatic rings. The third-order valence-corrected chi connectivity index (χ3v) is 7.45. The molecule has 1 saturated heterocycles. The van der Waals surface area contributed by atoms with E-state index in [-0.39, 0.29) is 62.9 Å². The minimum atomic E-state index is -1.06. The number of aromatic amines is 1. The highest BCUT2D eigenvalue weighted by atomic mass is 19.1. The number of carbonyl (C=O) groups excluding carboxylic acids is 3. The maximum atomic E-state index is 14.9. The zero-order chi connectivity index (χ0) is 34.8. The molecule has 0 saturated carbocycles. The van der Waals surface area contributed by atoms with Crippen LogP contribution < -0.4 is 20.7 Å². The van der Waals surface area contributed by atoms with Gasteiger partial charge in [-0.3, -0.25) is 14.6 Å². The summed E-state index contributed by atoms with van der Waals surface area (Å²) in [5.41, 5.74) is 1.63. The van der Waals surface area contributed by atoms with Crippen LogP contribution in [0.15, 0.2) is 73.1 Å². The first-order valence-electron chi connectivity index (χ1n) is 15.4. The monoisotopic (exact) mass is 677 g/mol. The summed E-state index contributed by atoms with van der Waals surface area (Å²) < 4.78 is 36.7. The summed E-state index contributed by atoms with van der Waals surface area (Å²) >= 11 is 0. The quantitative estimate of drug-likeness (QED) is 0.0998. The van der Waals surface area contributed by atoms with E-state index < -0.39 is 35.6 Å². The highest BCUT2D eigenvalue weighted by Gasteiger charge is 2.51. The fourth-order valence-corrected chi connectivity index (χ4v) is 5.02. The van der Waals surface area contributed by atoms with E-state index in [0.717, 1.165) is 11.6 Å². The number of hydrogen-bond donors (Lipinski definition) is 6. The van der Waals surface area contributed by atoms with Gasteiger partial charge in [0.05, 0.1) is 49.1 Å². The van der Waals surface area contributed by atoms with Crippen LogP contribution in [-0.4, -0.2) is 83.0 Å². The summed E-state index contributed by atoms with van der Waals surface area (Å²) in [6.45, 7) is 1.22. The van der Waals surface area contributed by atoms with Gasteiger partial charge >= 0.3 is 12.0 Å². The first-order chi connectivity index (χ1) is 23.7. The standard InChI is InChI=1S/C34H36FN5O9/c1-21-3-2-4-23(15-21)38-33(45)39-27-6-5-24(17-26(27)35)49-25-8-10-36-29(18-25)28-16-22(19-37-28)31(44)40-34(9-7-30(43)46-13-11-41)20-48-32(34)47-14-12-42/h2-6,8,10,15-19,32,37,41-42H,7,9,11-14,20H2,1H3,(H,40,44)(H2,38,39,45). The predicted molar refractivity (Wildman–Crippen MR) is 175 cm³/mol. The first-order valence-corrected chi connectivity index (χ1v) is 15.4. The van der Waals surface area contributed by atoms with Crippen molar-refractivity contribution in [3.8, 4) is 22.9 Å². The van der Waals surface area contributed by atoms with Crippen LogP contribution in [0.2, 0.25) is 0 Å². The van der Waals surface area contributed by atoms with E-state index in [9.17, 15) is 23.9 Å². The van der Waals surface area contributed by atoms with Gasteiger partial charge in [0.1, 0.15) is 29.5 Å². The van der Waals surface area contributed by atoms with Crippen molar-refractivity contribution in [2.75, 3.05) is 43.7 Å². The molecule has 0 radical (unpaired) electrons. The Hall–Kier alpha value is -5.35. The van der Waals surface area contributed by atoms with Gasteiger partial charge in [-0.15, -0.1) is 0 Å². The molecule has 49 heavy (non-hydrogen) atoms. The summed E-state index contributed by atoms with van der Waals surface area (Å²) in [5.74, 6) is -1.21. The number of halogens is 1. The average Bonchev–Trinajstić information content (AvgIpc) is 3.58. The maximum absolute atomic E-state index is 14.9. The van der Waals surface area contributed by atoms with Crippen LogP contribution in [0.25, 0.3) is 11.4 Å². The molecule has 3 heterocycles. The molecular formula is C34H36FN5O9. The van der Waals surface area contributed by atoms with Gasteiger partial charge in [-0.25, -0.2) is 9.18 Å². The second-order valence-corrected chi connectivity index (χ2v) is 11.2. The number of urea groups is 1. The van der Waals surface area contributed by atoms with E-state index in [2.05, 4.69) is 25.9 Å². The Morgan fingerprint density at radius 1 is 1.04 bits per heavy atom. The molecule has 1 aliphatic heterocycles. The van der Waals surface area contributed by atoms with Crippen molar-refractivity contribution in [1.29, 1.82) is 0 Å². The molecule has 1 aliphatic rings. The number of esters is 1. The molecule has 6 N–H and O–H groups in total. The van der Waals surface area contributed by atoms with Crippen LogP contribution in [0.4, 0.5) is 20.6 Å². The summed E-state index contributed by atoms with van der Waals surface area (Å²) in [6.07, 6.45) is 2.16. The Balaban J connectivity index is 1.21. The van der Waals surface area contributed by atoms with E-state index in [1.165, 1.54) is 24.5 Å². The Morgan fingerprint density at radius 3 is 2.59 bits per heavy atom. The molecule has 258 valence electrons. The molecule has 1 fully saturated rings. The van der Waals surface area contributed by atoms with Crippen LogP contribution in [-0.2, 0) is 19.0 Å². The Labute approximate surface area is 280 Å². The molecule has 5 rings (SSSR count). The van der Waals surface area contributed by atoms with Crippen LogP contribution in [0.1, 0.15) is 28.8 Å². The molecule has 2 aromatic carbocycles. The number of carbonyl (C=O) groups is 3. The summed E-state index contributed by atoms with van der Waals surface area (Å²) in [4.78, 5) is 45.1. The Kier molecular flexibility index (Phi) is 11.5. The zero-order valence-electron chi connectivity index (χ0n) is 26.5. The normalized spacial score (nSPS) is 16.7. The number of anilines is 2. The molecule has 3 amide bonds. The van der Waals surface area contributed by atoms with Crippen molar-refractivity contribution < 1.29 is 47.9 Å². The molecule has 14 nitrogen and oxygen atoms in total. The van der Waals surface area contributed by atoms with Crippen molar-refractivity contribution in [3.63, 3.8) is 0 Å². The van der Waals surface area contributed by atoms with E-state index in [1.54, 1.807) is 36.4 Å². The number of nitrogens with one attached hydrogen (secondary N) is 4. The number of aliphatic hydroxyl groups is 2. The predicted octanol–water partition coefficient (Wildman–Crippen LogP) is 4.11. The van der Waals surface area contributed by atoms with E-state index >= 15 is 0 Å². The number of aliphatic hydroxyl groups excluding tert-OH is 2. The van der Waals surface area contributed by atoms with E-state index in [4.69, 9.17) is 24.1 Å². The fourth-order valence-electron chi connectivity index (χ4n) is 5.02. The number of amides is 3. The lowest BCUT2D eigenvalue weighted by Crippen LogP contribution is -2.69. The van der Waals surface area contributed by atoms with Gasteiger partial charge < -0.3 is 50.1 Å². The first kappa shape index (κ1) is 35.0. The van der Waals surface area contributed by atoms with Crippen LogP contribution >= 0.6 is 0 Å². The van der Waals surface area contributed by atoms with Crippen molar-refractivity contribution in [1.82, 2.24) is 15.3 Å². The van der Waals surface area contributed by atoms with Gasteiger partial charge in [0, 0.05) is 36.6 Å². The topological polar surface area (TPSA) is 193 Å². The lowest BCUT2D eigenvalue weighted by Gasteiger charge is -2.48. The van der Waals surface area contributed by atoms with Gasteiger partial charge in [0.15, 0.2) is 6.29 Å². The molecule has 0 aliphatic carbocycles. The van der Waals surface area contributed by atoms with Crippen LogP contribution in [0.5, 0.6) is 11.5 Å². The highest BCUT2D eigenvalue weighted by Crippen LogP contribution is 2.33. The number of benzene rings is 2. The molecular weight excluding hydrogens is 641 g/mol. The largest absolute Gasteiger partial charge is 0.463 e. The lowest BCUT2D eigenvalue weighted by atomic mass is 9.88. The van der Waals surface area contributed by atoms with Crippen LogP contribution in [0, 0.1) is 12.7 Å². The van der Waals surface area contributed by atoms with Crippen molar-refractivity contribution in [2.45, 2.75) is 31.6 Å². The molecule has 0 bridgehead atoms. The third kappa shape index (κ3) is 9.17. The van der Waals surface area contributed by atoms with Crippen molar-refractivity contribution in [3.05, 3.63) is 90.0 Å². The Morgan fingerprint density at radius 2 is 1.86 bits per heavy atom. The summed E-state index contributed by atoms with van der Waals surface area (Å²) in [5, 5.41) is 26.1.